The number of nitrogens with one attached hydrogen (secondary N) is 1. The van der Waals surface area contributed by atoms with Gasteiger partial charge in [-0.15, -0.1) is 0 Å². The van der Waals surface area contributed by atoms with Crippen LogP contribution in [0.25, 0.3) is 0 Å². The van der Waals surface area contributed by atoms with E-state index in [4.69, 9.17) is 4.74 Å². The van der Waals surface area contributed by atoms with Gasteiger partial charge in [0.15, 0.2) is 0 Å². The van der Waals surface area contributed by atoms with Gasteiger partial charge in [-0.3, -0.25) is 0 Å². The van der Waals surface area contributed by atoms with Crippen LogP contribution < -0.4 is 10.1 Å². The lowest BCUT2D eigenvalue weighted by Crippen LogP contribution is -2.36. The van der Waals surface area contributed by atoms with Crippen LogP contribution in [0.3, 0.4) is 0 Å². The Kier molecular flexibility index (Phi) is 5.78. The number of aliphatic hydroxyl groups excluding tert-OH is 1. The van der Waals surface area contributed by atoms with Crippen LogP contribution in [0.1, 0.15) is 24.1 Å². The maximum atomic E-state index is 9.62. The smallest absolute Gasteiger partial charge is 0.123 e. The molecule has 2 rings (SSSR count). The number of para-hydroxylation sites is 1. The molecule has 112 valence electrons. The minimum atomic E-state index is 0.0207. The summed E-state index contributed by atoms with van der Waals surface area (Å²) in [7, 11) is 1.68. The number of rotatable bonds is 7. The van der Waals surface area contributed by atoms with Crippen molar-refractivity contribution >= 4 is 0 Å². The van der Waals surface area contributed by atoms with E-state index in [9.17, 15) is 5.11 Å². The van der Waals surface area contributed by atoms with Crippen LogP contribution in [0.4, 0.5) is 0 Å². The number of benzene rings is 2. The molecule has 2 aromatic carbocycles. The summed E-state index contributed by atoms with van der Waals surface area (Å²) in [5, 5.41) is 13.1. The Bertz CT molecular complexity index is 542. The van der Waals surface area contributed by atoms with Crippen molar-refractivity contribution in [3.8, 4) is 5.75 Å². The molecule has 0 heterocycles. The number of aliphatic hydroxyl groups is 1. The Labute approximate surface area is 126 Å². The van der Waals surface area contributed by atoms with E-state index in [1.165, 1.54) is 5.56 Å². The van der Waals surface area contributed by atoms with Crippen molar-refractivity contribution in [2.75, 3.05) is 13.7 Å². The van der Waals surface area contributed by atoms with Gasteiger partial charge >= 0.3 is 0 Å². The van der Waals surface area contributed by atoms with Gasteiger partial charge in [-0.2, -0.15) is 0 Å². The minimum absolute atomic E-state index is 0.0207. The highest BCUT2D eigenvalue weighted by molar-refractivity contribution is 5.35. The van der Waals surface area contributed by atoms with E-state index in [2.05, 4.69) is 24.4 Å². The number of methoxy groups -OCH3 is 1. The molecule has 2 aromatic rings. The molecule has 0 bridgehead atoms. The van der Waals surface area contributed by atoms with Crippen LogP contribution in [0.2, 0.25) is 0 Å². The molecule has 2 N–H and O–H groups in total. The van der Waals surface area contributed by atoms with E-state index in [0.717, 1.165) is 17.7 Å². The maximum absolute atomic E-state index is 9.62. The quantitative estimate of drug-likeness (QED) is 0.822. The van der Waals surface area contributed by atoms with E-state index in [-0.39, 0.29) is 18.7 Å². The lowest BCUT2D eigenvalue weighted by atomic mass is 10.0. The molecule has 0 aliphatic carbocycles. The van der Waals surface area contributed by atoms with E-state index in [1.54, 1.807) is 7.11 Å². The summed E-state index contributed by atoms with van der Waals surface area (Å²) in [5.41, 5.74) is 2.32. The summed E-state index contributed by atoms with van der Waals surface area (Å²) >= 11 is 0. The zero-order valence-electron chi connectivity index (χ0n) is 12.6. The average molecular weight is 285 g/mol. The minimum Gasteiger partial charge on any atom is -0.496 e. The second-order valence-corrected chi connectivity index (χ2v) is 5.20. The van der Waals surface area contributed by atoms with Crippen molar-refractivity contribution in [1.82, 2.24) is 5.32 Å². The molecule has 3 heteroatoms. The number of ether oxygens (including phenoxy) is 1. The molecule has 0 aliphatic heterocycles. The Morgan fingerprint density at radius 2 is 1.71 bits per heavy atom. The molecule has 3 nitrogen and oxygen atoms in total. The first kappa shape index (κ1) is 15.5. The Morgan fingerprint density at radius 3 is 2.38 bits per heavy atom. The second-order valence-electron chi connectivity index (χ2n) is 5.20. The number of hydrogen-bond donors (Lipinski definition) is 2. The lowest BCUT2D eigenvalue weighted by Gasteiger charge is -2.23. The molecule has 0 radical (unpaired) electrons. The first-order valence-corrected chi connectivity index (χ1v) is 7.28. The van der Waals surface area contributed by atoms with Gasteiger partial charge in [0, 0.05) is 17.6 Å². The van der Waals surface area contributed by atoms with Gasteiger partial charge in [-0.05, 0) is 25.0 Å². The topological polar surface area (TPSA) is 41.5 Å². The molecule has 0 saturated heterocycles. The first-order valence-electron chi connectivity index (χ1n) is 7.28. The Balaban J connectivity index is 2.04. The van der Waals surface area contributed by atoms with Gasteiger partial charge in [-0.1, -0.05) is 48.5 Å². The lowest BCUT2D eigenvalue weighted by molar-refractivity contribution is 0.232. The van der Waals surface area contributed by atoms with E-state index >= 15 is 0 Å². The molecule has 0 aromatic heterocycles. The van der Waals surface area contributed by atoms with Crippen molar-refractivity contribution in [1.29, 1.82) is 0 Å². The van der Waals surface area contributed by atoms with Crippen molar-refractivity contribution in [3.05, 3.63) is 65.7 Å². The molecule has 0 amide bonds. The molecule has 0 saturated carbocycles. The Hall–Kier alpha value is -1.84. The van der Waals surface area contributed by atoms with Crippen LogP contribution in [-0.2, 0) is 6.42 Å². The molecule has 2 atom stereocenters. The summed E-state index contributed by atoms with van der Waals surface area (Å²) < 4.78 is 5.40. The summed E-state index contributed by atoms with van der Waals surface area (Å²) in [5.74, 6) is 0.869. The molecule has 0 spiro atoms. The van der Waals surface area contributed by atoms with Crippen molar-refractivity contribution in [2.45, 2.75) is 25.4 Å². The third kappa shape index (κ3) is 4.31. The van der Waals surface area contributed by atoms with Gasteiger partial charge in [0.1, 0.15) is 5.75 Å². The highest BCUT2D eigenvalue weighted by Crippen LogP contribution is 2.24. The Morgan fingerprint density at radius 1 is 1.05 bits per heavy atom. The molecule has 21 heavy (non-hydrogen) atoms. The highest BCUT2D eigenvalue weighted by atomic mass is 16.5. The second kappa shape index (κ2) is 7.81. The largest absolute Gasteiger partial charge is 0.496 e. The van der Waals surface area contributed by atoms with Crippen molar-refractivity contribution < 1.29 is 9.84 Å². The summed E-state index contributed by atoms with van der Waals surface area (Å²) in [6.07, 6.45) is 0.802. The zero-order chi connectivity index (χ0) is 15.1. The van der Waals surface area contributed by atoms with Gasteiger partial charge in [-0.25, -0.2) is 0 Å². The third-order valence-electron chi connectivity index (χ3n) is 3.64. The standard InChI is InChI=1S/C18H23NO2/c1-14(17-10-6-7-11-18(17)21-2)19-16(13-20)12-15-8-4-3-5-9-15/h3-11,14,16,19-20H,12-13H2,1-2H3. The molecular formula is C18H23NO2. The van der Waals surface area contributed by atoms with Gasteiger partial charge < -0.3 is 15.2 Å². The zero-order valence-corrected chi connectivity index (χ0v) is 12.6. The van der Waals surface area contributed by atoms with Gasteiger partial charge in [0.25, 0.3) is 0 Å². The fourth-order valence-electron chi connectivity index (χ4n) is 2.54. The maximum Gasteiger partial charge on any atom is 0.123 e. The summed E-state index contributed by atoms with van der Waals surface area (Å²) in [6, 6.07) is 18.3. The van der Waals surface area contributed by atoms with E-state index in [1.807, 2.05) is 42.5 Å². The number of hydrogen-bond acceptors (Lipinski definition) is 3. The molecule has 0 fully saturated rings. The van der Waals surface area contributed by atoms with Gasteiger partial charge in [0.2, 0.25) is 0 Å². The molecule has 2 unspecified atom stereocenters. The van der Waals surface area contributed by atoms with Crippen molar-refractivity contribution in [2.24, 2.45) is 0 Å². The summed E-state index contributed by atoms with van der Waals surface area (Å²) in [6.45, 7) is 2.19. The van der Waals surface area contributed by atoms with Crippen molar-refractivity contribution in [3.63, 3.8) is 0 Å². The van der Waals surface area contributed by atoms with Gasteiger partial charge in [0.05, 0.1) is 13.7 Å². The monoisotopic (exact) mass is 285 g/mol. The average Bonchev–Trinajstić information content (AvgIpc) is 2.55. The van der Waals surface area contributed by atoms with Crippen LogP contribution in [0.5, 0.6) is 5.75 Å². The normalized spacial score (nSPS) is 13.7. The predicted octanol–water partition coefficient (Wildman–Crippen LogP) is 2.95. The molecular weight excluding hydrogens is 262 g/mol. The van der Waals surface area contributed by atoms with Crippen LogP contribution in [0, 0.1) is 0 Å². The van der Waals surface area contributed by atoms with Crippen LogP contribution >= 0.6 is 0 Å². The van der Waals surface area contributed by atoms with E-state index < -0.39 is 0 Å². The fraction of sp³-hybridized carbons (Fsp3) is 0.333. The van der Waals surface area contributed by atoms with Crippen LogP contribution in [0.15, 0.2) is 54.6 Å². The van der Waals surface area contributed by atoms with Crippen LogP contribution in [-0.4, -0.2) is 24.9 Å². The predicted molar refractivity (Wildman–Crippen MR) is 85.6 cm³/mol. The SMILES string of the molecule is COc1ccccc1C(C)NC(CO)Cc1ccccc1. The molecule has 0 aliphatic rings. The highest BCUT2D eigenvalue weighted by Gasteiger charge is 2.15. The third-order valence-corrected chi connectivity index (χ3v) is 3.64. The first-order chi connectivity index (χ1) is 10.2. The summed E-state index contributed by atoms with van der Waals surface area (Å²) in [4.78, 5) is 0. The van der Waals surface area contributed by atoms with E-state index in [0.29, 0.717) is 0 Å². The fourth-order valence-corrected chi connectivity index (χ4v) is 2.54.